The number of ether oxygens (including phenoxy) is 2. The molecule has 0 aromatic heterocycles. The highest BCUT2D eigenvalue weighted by molar-refractivity contribution is 4.89. The third kappa shape index (κ3) is 1.18. The molecule has 2 nitrogen and oxygen atoms in total. The Morgan fingerprint density at radius 3 is 2.20 bits per heavy atom. The molecule has 2 fully saturated rings. The average molecular weight is 142 g/mol. The Morgan fingerprint density at radius 2 is 1.70 bits per heavy atom. The minimum atomic E-state index is 0.511. The van der Waals surface area contributed by atoms with Crippen molar-refractivity contribution in [3.05, 3.63) is 0 Å². The van der Waals surface area contributed by atoms with Crippen LogP contribution in [0.1, 0.15) is 25.7 Å². The lowest BCUT2D eigenvalue weighted by molar-refractivity contribution is 0.0805. The summed E-state index contributed by atoms with van der Waals surface area (Å²) in [4.78, 5) is 0. The van der Waals surface area contributed by atoms with E-state index in [-0.39, 0.29) is 0 Å². The highest BCUT2D eigenvalue weighted by atomic mass is 16.6. The van der Waals surface area contributed by atoms with Gasteiger partial charge in [0, 0.05) is 7.11 Å². The number of rotatable bonds is 1. The zero-order valence-corrected chi connectivity index (χ0v) is 6.38. The van der Waals surface area contributed by atoms with E-state index >= 15 is 0 Å². The smallest absolute Gasteiger partial charge is 0.0842 e. The summed E-state index contributed by atoms with van der Waals surface area (Å²) in [6.07, 6.45) is 6.51. The lowest BCUT2D eigenvalue weighted by Gasteiger charge is -2.11. The molecule has 1 aliphatic heterocycles. The van der Waals surface area contributed by atoms with E-state index in [4.69, 9.17) is 9.47 Å². The molecular weight excluding hydrogens is 128 g/mol. The minimum absolute atomic E-state index is 0.511. The molecule has 10 heavy (non-hydrogen) atoms. The second-order valence-corrected chi connectivity index (χ2v) is 3.23. The topological polar surface area (TPSA) is 21.8 Å². The molecule has 1 saturated carbocycles. The van der Waals surface area contributed by atoms with Gasteiger partial charge in [-0.2, -0.15) is 0 Å². The van der Waals surface area contributed by atoms with E-state index in [0.29, 0.717) is 18.3 Å². The SMILES string of the molecule is COC1CCC2OC2CC1. The minimum Gasteiger partial charge on any atom is -0.381 e. The van der Waals surface area contributed by atoms with Crippen LogP contribution < -0.4 is 0 Å². The predicted molar refractivity (Wildman–Crippen MR) is 37.9 cm³/mol. The standard InChI is InChI=1S/C8H14O2/c1-9-6-2-4-7-8(10-7)5-3-6/h6-8H,2-5H2,1H3. The summed E-state index contributed by atoms with van der Waals surface area (Å²) in [5.41, 5.74) is 0. The molecule has 1 aliphatic carbocycles. The van der Waals surface area contributed by atoms with Crippen LogP contribution in [-0.2, 0) is 9.47 Å². The van der Waals surface area contributed by atoms with Crippen LogP contribution in [0.15, 0.2) is 0 Å². The Bertz CT molecular complexity index is 112. The molecule has 0 aromatic carbocycles. The molecule has 0 spiro atoms. The van der Waals surface area contributed by atoms with Crippen molar-refractivity contribution in [3.63, 3.8) is 0 Å². The van der Waals surface area contributed by atoms with Gasteiger partial charge in [-0.25, -0.2) is 0 Å². The summed E-state index contributed by atoms with van der Waals surface area (Å²) in [6.45, 7) is 0. The van der Waals surface area contributed by atoms with Crippen LogP contribution in [0.4, 0.5) is 0 Å². The first-order valence-corrected chi connectivity index (χ1v) is 4.08. The van der Waals surface area contributed by atoms with Gasteiger partial charge in [0.1, 0.15) is 0 Å². The maximum atomic E-state index is 5.40. The Balaban J connectivity index is 1.84. The van der Waals surface area contributed by atoms with E-state index < -0.39 is 0 Å². The molecule has 0 bridgehead atoms. The van der Waals surface area contributed by atoms with Crippen LogP contribution in [0, 0.1) is 0 Å². The van der Waals surface area contributed by atoms with Crippen molar-refractivity contribution in [2.45, 2.75) is 44.0 Å². The second-order valence-electron chi connectivity index (χ2n) is 3.23. The first kappa shape index (κ1) is 6.62. The summed E-state index contributed by atoms with van der Waals surface area (Å²) in [7, 11) is 1.81. The van der Waals surface area contributed by atoms with E-state index in [9.17, 15) is 0 Å². The van der Waals surface area contributed by atoms with Crippen LogP contribution in [0.25, 0.3) is 0 Å². The Hall–Kier alpha value is -0.0800. The summed E-state index contributed by atoms with van der Waals surface area (Å²) in [5, 5.41) is 0. The van der Waals surface area contributed by atoms with Crippen LogP contribution in [0.3, 0.4) is 0 Å². The normalized spacial score (nSPS) is 45.9. The third-order valence-corrected chi connectivity index (χ3v) is 2.57. The molecular formula is C8H14O2. The molecule has 2 atom stereocenters. The highest BCUT2D eigenvalue weighted by Gasteiger charge is 2.40. The van der Waals surface area contributed by atoms with E-state index in [1.807, 2.05) is 7.11 Å². The maximum Gasteiger partial charge on any atom is 0.0842 e. The monoisotopic (exact) mass is 142 g/mol. The Labute approximate surface area is 61.5 Å². The summed E-state index contributed by atoms with van der Waals surface area (Å²) >= 11 is 0. The molecule has 2 unspecified atom stereocenters. The zero-order valence-electron chi connectivity index (χ0n) is 6.38. The van der Waals surface area contributed by atoms with Gasteiger partial charge < -0.3 is 9.47 Å². The molecule has 0 aromatic rings. The van der Waals surface area contributed by atoms with Gasteiger partial charge in [0.05, 0.1) is 18.3 Å². The van der Waals surface area contributed by atoms with Crippen molar-refractivity contribution in [2.24, 2.45) is 0 Å². The number of methoxy groups -OCH3 is 1. The molecule has 2 heteroatoms. The van der Waals surface area contributed by atoms with Crippen LogP contribution in [0.2, 0.25) is 0 Å². The van der Waals surface area contributed by atoms with Gasteiger partial charge in [-0.15, -0.1) is 0 Å². The van der Waals surface area contributed by atoms with E-state index in [1.165, 1.54) is 25.7 Å². The fourth-order valence-corrected chi connectivity index (χ4v) is 1.77. The van der Waals surface area contributed by atoms with Gasteiger partial charge in [-0.3, -0.25) is 0 Å². The first-order chi connectivity index (χ1) is 4.90. The van der Waals surface area contributed by atoms with Crippen molar-refractivity contribution in [1.82, 2.24) is 0 Å². The average Bonchev–Trinajstić information content (AvgIpc) is 2.63. The highest BCUT2D eigenvalue weighted by Crippen LogP contribution is 2.35. The van der Waals surface area contributed by atoms with Crippen LogP contribution in [0.5, 0.6) is 0 Å². The first-order valence-electron chi connectivity index (χ1n) is 4.08. The zero-order chi connectivity index (χ0) is 6.97. The van der Waals surface area contributed by atoms with Gasteiger partial charge in [0.15, 0.2) is 0 Å². The number of fused-ring (bicyclic) bond motifs is 1. The molecule has 58 valence electrons. The molecule has 1 saturated heterocycles. The predicted octanol–water partition coefficient (Wildman–Crippen LogP) is 1.34. The van der Waals surface area contributed by atoms with Crippen LogP contribution in [-0.4, -0.2) is 25.4 Å². The van der Waals surface area contributed by atoms with Gasteiger partial charge in [0.25, 0.3) is 0 Å². The number of epoxide rings is 1. The van der Waals surface area contributed by atoms with Crippen molar-refractivity contribution in [1.29, 1.82) is 0 Å². The Kier molecular flexibility index (Phi) is 1.66. The summed E-state index contributed by atoms with van der Waals surface area (Å²) in [5.74, 6) is 0. The summed E-state index contributed by atoms with van der Waals surface area (Å²) in [6, 6.07) is 0. The molecule has 0 radical (unpaired) electrons. The van der Waals surface area contributed by atoms with Crippen LogP contribution >= 0.6 is 0 Å². The van der Waals surface area contributed by atoms with E-state index in [2.05, 4.69) is 0 Å². The molecule has 2 rings (SSSR count). The fraction of sp³-hybridized carbons (Fsp3) is 1.00. The van der Waals surface area contributed by atoms with Crippen molar-refractivity contribution < 1.29 is 9.47 Å². The van der Waals surface area contributed by atoms with Gasteiger partial charge >= 0.3 is 0 Å². The lowest BCUT2D eigenvalue weighted by atomic mass is 10.1. The molecule has 0 N–H and O–H groups in total. The third-order valence-electron chi connectivity index (χ3n) is 2.57. The quantitative estimate of drug-likeness (QED) is 0.515. The second kappa shape index (κ2) is 2.51. The van der Waals surface area contributed by atoms with Gasteiger partial charge in [-0.05, 0) is 25.7 Å². The van der Waals surface area contributed by atoms with E-state index in [0.717, 1.165) is 0 Å². The van der Waals surface area contributed by atoms with Crippen molar-refractivity contribution in [2.75, 3.05) is 7.11 Å². The van der Waals surface area contributed by atoms with E-state index in [1.54, 1.807) is 0 Å². The Morgan fingerprint density at radius 1 is 1.10 bits per heavy atom. The largest absolute Gasteiger partial charge is 0.381 e. The lowest BCUT2D eigenvalue weighted by Crippen LogP contribution is -2.09. The fourth-order valence-electron chi connectivity index (χ4n) is 1.77. The number of hydrogen-bond acceptors (Lipinski definition) is 2. The molecule has 1 heterocycles. The molecule has 0 amide bonds. The number of hydrogen-bond donors (Lipinski definition) is 0. The maximum absolute atomic E-state index is 5.40. The van der Waals surface area contributed by atoms with Gasteiger partial charge in [0.2, 0.25) is 0 Å². The molecule has 2 aliphatic rings. The van der Waals surface area contributed by atoms with Crippen molar-refractivity contribution >= 4 is 0 Å². The van der Waals surface area contributed by atoms with Crippen molar-refractivity contribution in [3.8, 4) is 0 Å². The van der Waals surface area contributed by atoms with Gasteiger partial charge in [-0.1, -0.05) is 0 Å². The summed E-state index contributed by atoms with van der Waals surface area (Å²) < 4.78 is 10.7.